The Morgan fingerprint density at radius 1 is 1.24 bits per heavy atom. The first-order chi connectivity index (χ1) is 12.1. The summed E-state index contributed by atoms with van der Waals surface area (Å²) in [6.07, 6.45) is 5.74. The first-order valence-corrected chi connectivity index (χ1v) is 10.5. The highest BCUT2D eigenvalue weighted by molar-refractivity contribution is 7.99. The molecule has 3 heterocycles. The molecule has 0 bridgehead atoms. The highest BCUT2D eigenvalue weighted by Crippen LogP contribution is 2.42. The Kier molecular flexibility index (Phi) is 5.71. The van der Waals surface area contributed by atoms with Gasteiger partial charge in [0.1, 0.15) is 0 Å². The predicted molar refractivity (Wildman–Crippen MR) is 99.4 cm³/mol. The minimum absolute atomic E-state index is 0.187. The van der Waals surface area contributed by atoms with Crippen molar-refractivity contribution in [2.75, 3.05) is 31.1 Å². The molecule has 0 aliphatic carbocycles. The van der Waals surface area contributed by atoms with E-state index in [1.54, 1.807) is 18.1 Å². The number of nitrogens with zero attached hydrogens (tertiary/aromatic N) is 3. The van der Waals surface area contributed by atoms with Crippen molar-refractivity contribution in [3.8, 4) is 0 Å². The molecule has 0 unspecified atom stereocenters. The highest BCUT2D eigenvalue weighted by atomic mass is 32.2. The fourth-order valence-electron chi connectivity index (χ4n) is 4.06. The molecule has 1 aromatic heterocycles. The van der Waals surface area contributed by atoms with Crippen LogP contribution in [0, 0.1) is 0 Å². The molecule has 0 aromatic carbocycles. The van der Waals surface area contributed by atoms with Crippen molar-refractivity contribution >= 4 is 23.6 Å². The van der Waals surface area contributed by atoms with Gasteiger partial charge in [-0.1, -0.05) is 13.8 Å². The van der Waals surface area contributed by atoms with Crippen LogP contribution in [-0.2, 0) is 21.5 Å². The van der Waals surface area contributed by atoms with Crippen LogP contribution in [0.5, 0.6) is 0 Å². The van der Waals surface area contributed by atoms with Gasteiger partial charge in [0.2, 0.25) is 11.8 Å². The third kappa shape index (κ3) is 3.43. The maximum Gasteiger partial charge on any atom is 0.232 e. The van der Waals surface area contributed by atoms with Crippen LogP contribution in [0.25, 0.3) is 0 Å². The van der Waals surface area contributed by atoms with Gasteiger partial charge in [0.15, 0.2) is 0 Å². The number of aromatic nitrogens is 2. The van der Waals surface area contributed by atoms with Crippen molar-refractivity contribution in [2.45, 2.75) is 51.5 Å². The summed E-state index contributed by atoms with van der Waals surface area (Å²) >= 11 is 1.71. The molecule has 2 aliphatic heterocycles. The van der Waals surface area contributed by atoms with Crippen LogP contribution in [0.1, 0.15) is 50.9 Å². The maximum atomic E-state index is 12.6. The second-order valence-electron chi connectivity index (χ2n) is 6.84. The van der Waals surface area contributed by atoms with Crippen LogP contribution in [0.3, 0.4) is 0 Å². The Bertz CT molecular complexity index is 622. The average Bonchev–Trinajstić information content (AvgIpc) is 3.12. The van der Waals surface area contributed by atoms with Gasteiger partial charge in [-0.05, 0) is 25.0 Å². The summed E-state index contributed by atoms with van der Waals surface area (Å²) in [5.41, 5.74) is 1.83. The first kappa shape index (κ1) is 18.3. The number of likely N-dealkylation sites (tertiary alicyclic amines) is 1. The third-order valence-electron chi connectivity index (χ3n) is 5.38. The van der Waals surface area contributed by atoms with Gasteiger partial charge in [-0.15, -0.1) is 0 Å². The molecule has 3 rings (SSSR count). The van der Waals surface area contributed by atoms with E-state index in [0.29, 0.717) is 25.3 Å². The van der Waals surface area contributed by atoms with E-state index in [-0.39, 0.29) is 17.4 Å². The van der Waals surface area contributed by atoms with E-state index in [1.165, 1.54) is 0 Å². The monoisotopic (exact) mass is 364 g/mol. The number of aromatic amines is 1. The molecule has 2 amide bonds. The van der Waals surface area contributed by atoms with Crippen molar-refractivity contribution in [1.29, 1.82) is 0 Å². The van der Waals surface area contributed by atoms with Crippen LogP contribution in [0.4, 0.5) is 0 Å². The van der Waals surface area contributed by atoms with Gasteiger partial charge in [0, 0.05) is 38.2 Å². The molecule has 0 atom stereocenters. The van der Waals surface area contributed by atoms with Gasteiger partial charge in [-0.25, -0.2) is 4.98 Å². The third-order valence-corrected chi connectivity index (χ3v) is 6.53. The Balaban J connectivity index is 1.74. The number of rotatable bonds is 5. The van der Waals surface area contributed by atoms with E-state index in [4.69, 9.17) is 0 Å². The zero-order valence-electron chi connectivity index (χ0n) is 15.2. The summed E-state index contributed by atoms with van der Waals surface area (Å²) in [5.74, 6) is 2.00. The van der Waals surface area contributed by atoms with Gasteiger partial charge in [0.25, 0.3) is 0 Å². The zero-order valence-corrected chi connectivity index (χ0v) is 16.0. The lowest BCUT2D eigenvalue weighted by Crippen LogP contribution is -2.59. The van der Waals surface area contributed by atoms with Crippen LogP contribution in [-0.4, -0.2) is 62.7 Å². The molecule has 0 radical (unpaired) electrons. The van der Waals surface area contributed by atoms with Gasteiger partial charge in [-0.2, -0.15) is 11.8 Å². The van der Waals surface area contributed by atoms with Crippen molar-refractivity contribution < 1.29 is 9.59 Å². The molecule has 1 aromatic rings. The topological polar surface area (TPSA) is 69.3 Å². The molecule has 1 saturated heterocycles. The maximum absolute atomic E-state index is 12.6. The molecule has 1 spiro atoms. The summed E-state index contributed by atoms with van der Waals surface area (Å²) in [6, 6.07) is 0. The van der Waals surface area contributed by atoms with Crippen molar-refractivity contribution in [3.05, 3.63) is 17.7 Å². The van der Waals surface area contributed by atoms with E-state index >= 15 is 0 Å². The Labute approximate surface area is 153 Å². The number of nitrogens with one attached hydrogen (secondary N) is 1. The van der Waals surface area contributed by atoms with Gasteiger partial charge >= 0.3 is 0 Å². The molecule has 0 saturated carbocycles. The Morgan fingerprint density at radius 2 is 2.00 bits per heavy atom. The summed E-state index contributed by atoms with van der Waals surface area (Å²) in [5, 5.41) is 0. The minimum atomic E-state index is -0.339. The van der Waals surface area contributed by atoms with E-state index in [1.807, 2.05) is 16.7 Å². The molecule has 25 heavy (non-hydrogen) atoms. The second-order valence-corrected chi connectivity index (χ2v) is 7.95. The summed E-state index contributed by atoms with van der Waals surface area (Å²) in [4.78, 5) is 36.8. The Morgan fingerprint density at radius 3 is 2.68 bits per heavy atom. The smallest absolute Gasteiger partial charge is 0.232 e. The van der Waals surface area contributed by atoms with Crippen LogP contribution < -0.4 is 0 Å². The summed E-state index contributed by atoms with van der Waals surface area (Å²) in [6.45, 7) is 6.19. The number of carbonyl (C=O) groups is 2. The molecule has 2 aliphatic rings. The van der Waals surface area contributed by atoms with Gasteiger partial charge in [0.05, 0.1) is 23.3 Å². The van der Waals surface area contributed by atoms with E-state index in [2.05, 4.69) is 16.9 Å². The van der Waals surface area contributed by atoms with E-state index in [9.17, 15) is 9.59 Å². The number of H-pyrrole nitrogens is 1. The zero-order chi connectivity index (χ0) is 17.9. The van der Waals surface area contributed by atoms with E-state index < -0.39 is 0 Å². The number of fused-ring (bicyclic) bond motifs is 2. The number of carbonyl (C=O) groups excluding carboxylic acids is 2. The Hall–Kier alpha value is -1.50. The minimum Gasteiger partial charge on any atom is -0.348 e. The number of piperidine rings is 1. The number of hydrogen-bond acceptors (Lipinski definition) is 4. The molecule has 6 nitrogen and oxygen atoms in total. The second kappa shape index (κ2) is 7.81. The van der Waals surface area contributed by atoms with Crippen LogP contribution in [0.2, 0.25) is 0 Å². The molecular weight excluding hydrogens is 336 g/mol. The number of amides is 2. The van der Waals surface area contributed by atoms with Crippen molar-refractivity contribution in [3.63, 3.8) is 0 Å². The lowest BCUT2D eigenvalue weighted by Gasteiger charge is -2.50. The molecule has 1 fully saturated rings. The molecule has 1 N–H and O–H groups in total. The molecular formula is C18H28N4O2S. The fourth-order valence-corrected chi connectivity index (χ4v) is 4.85. The highest BCUT2D eigenvalue weighted by Gasteiger charge is 2.48. The lowest BCUT2D eigenvalue weighted by atomic mass is 9.78. The summed E-state index contributed by atoms with van der Waals surface area (Å²) < 4.78 is 0. The SMILES string of the molecule is CCCSCC(=O)N1CCC2(CC1)c1nc[nH]c1CCN2C(=O)CC. The molecule has 138 valence electrons. The van der Waals surface area contributed by atoms with E-state index in [0.717, 1.165) is 49.4 Å². The first-order valence-electron chi connectivity index (χ1n) is 9.31. The predicted octanol–water partition coefficient (Wildman–Crippen LogP) is 2.17. The van der Waals surface area contributed by atoms with Crippen molar-refractivity contribution in [2.24, 2.45) is 0 Å². The normalized spacial score (nSPS) is 19.1. The largest absolute Gasteiger partial charge is 0.348 e. The quantitative estimate of drug-likeness (QED) is 0.813. The van der Waals surface area contributed by atoms with Crippen molar-refractivity contribution in [1.82, 2.24) is 19.8 Å². The van der Waals surface area contributed by atoms with Crippen LogP contribution in [0.15, 0.2) is 6.33 Å². The average molecular weight is 365 g/mol. The number of hydrogen-bond donors (Lipinski definition) is 1. The number of thioether (sulfide) groups is 1. The van der Waals surface area contributed by atoms with Gasteiger partial charge < -0.3 is 14.8 Å². The lowest BCUT2D eigenvalue weighted by molar-refractivity contribution is -0.143. The molecule has 7 heteroatoms. The fraction of sp³-hybridized carbons (Fsp3) is 0.722. The van der Waals surface area contributed by atoms with Gasteiger partial charge in [-0.3, -0.25) is 9.59 Å². The van der Waals surface area contributed by atoms with Crippen LogP contribution >= 0.6 is 11.8 Å². The summed E-state index contributed by atoms with van der Waals surface area (Å²) in [7, 11) is 0. The standard InChI is InChI=1S/C18H28N4O2S/c1-3-11-25-12-16(24)21-9-6-18(7-10-21)17-14(19-13-20-17)5-8-22(18)15(23)4-2/h13H,3-12H2,1-2H3,(H,19,20). The number of imidazole rings is 1.